The lowest BCUT2D eigenvalue weighted by molar-refractivity contribution is 0.619. The number of nitrogens with two attached hydrogens (primary N) is 1. The Morgan fingerprint density at radius 1 is 1.14 bits per heavy atom. The molecule has 3 heteroatoms. The zero-order valence-corrected chi connectivity index (χ0v) is 12.5. The predicted octanol–water partition coefficient (Wildman–Crippen LogP) is 4.98. The number of anilines is 1. The Morgan fingerprint density at radius 2 is 1.90 bits per heavy atom. The van der Waals surface area contributed by atoms with Gasteiger partial charge in [-0.1, -0.05) is 26.3 Å². The zero-order chi connectivity index (χ0) is 14.8. The van der Waals surface area contributed by atoms with Crippen molar-refractivity contribution >= 4 is 16.8 Å². The van der Waals surface area contributed by atoms with Gasteiger partial charge >= 0.3 is 0 Å². The first-order chi connectivity index (χ1) is 10.2. The molecular weight excluding hydrogens is 260 g/mol. The van der Waals surface area contributed by atoms with E-state index >= 15 is 0 Å². The monoisotopic (exact) mass is 280 g/mol. The van der Waals surface area contributed by atoms with E-state index in [9.17, 15) is 0 Å². The van der Waals surface area contributed by atoms with E-state index in [2.05, 4.69) is 31.0 Å². The molecule has 1 atom stereocenters. The van der Waals surface area contributed by atoms with Crippen LogP contribution >= 0.6 is 0 Å². The number of rotatable bonds is 4. The lowest BCUT2D eigenvalue weighted by atomic mass is 9.96. The number of nitrogen functional groups attached to an aromatic ring is 1. The molecule has 2 aromatic carbocycles. The second-order valence-electron chi connectivity index (χ2n) is 5.56. The van der Waals surface area contributed by atoms with Gasteiger partial charge in [-0.05, 0) is 54.3 Å². The maximum absolute atomic E-state index is 5.84. The lowest BCUT2D eigenvalue weighted by Gasteiger charge is -2.09. The molecule has 108 valence electrons. The van der Waals surface area contributed by atoms with E-state index in [0.29, 0.717) is 11.8 Å². The van der Waals surface area contributed by atoms with Gasteiger partial charge in [-0.3, -0.25) is 0 Å². The van der Waals surface area contributed by atoms with E-state index in [-0.39, 0.29) is 0 Å². The molecule has 1 aromatic heterocycles. The Labute approximate surface area is 124 Å². The van der Waals surface area contributed by atoms with Crippen molar-refractivity contribution in [3.63, 3.8) is 0 Å². The number of benzene rings is 2. The van der Waals surface area contributed by atoms with Gasteiger partial charge in [-0.2, -0.15) is 0 Å². The molecule has 0 bridgehead atoms. The van der Waals surface area contributed by atoms with Crippen LogP contribution in [0.1, 0.15) is 38.2 Å². The zero-order valence-electron chi connectivity index (χ0n) is 12.5. The molecule has 3 nitrogen and oxygen atoms in total. The highest BCUT2D eigenvalue weighted by molar-refractivity contribution is 5.77. The maximum Gasteiger partial charge on any atom is 0.227 e. The van der Waals surface area contributed by atoms with Crippen LogP contribution in [0.4, 0.5) is 5.69 Å². The first-order valence-electron chi connectivity index (χ1n) is 7.43. The third-order valence-electron chi connectivity index (χ3n) is 3.86. The molecule has 0 fully saturated rings. The van der Waals surface area contributed by atoms with E-state index in [1.165, 1.54) is 18.4 Å². The Balaban J connectivity index is 1.98. The van der Waals surface area contributed by atoms with Crippen LogP contribution in [-0.2, 0) is 0 Å². The fourth-order valence-corrected chi connectivity index (χ4v) is 2.60. The number of hydrogen-bond acceptors (Lipinski definition) is 3. The molecule has 0 aliphatic rings. The first-order valence-corrected chi connectivity index (χ1v) is 7.43. The van der Waals surface area contributed by atoms with Crippen molar-refractivity contribution in [2.24, 2.45) is 0 Å². The van der Waals surface area contributed by atoms with Crippen molar-refractivity contribution in [2.75, 3.05) is 5.73 Å². The third kappa shape index (κ3) is 2.77. The molecule has 3 aromatic rings. The molecule has 3 rings (SSSR count). The quantitative estimate of drug-likeness (QED) is 0.686. The van der Waals surface area contributed by atoms with Crippen LogP contribution in [0.15, 0.2) is 46.9 Å². The van der Waals surface area contributed by atoms with Crippen molar-refractivity contribution in [3.8, 4) is 11.5 Å². The summed E-state index contributed by atoms with van der Waals surface area (Å²) in [5, 5.41) is 0. The Bertz CT molecular complexity index is 744. The first kappa shape index (κ1) is 13.7. The third-order valence-corrected chi connectivity index (χ3v) is 3.86. The molecule has 1 unspecified atom stereocenters. The molecule has 0 amide bonds. The van der Waals surface area contributed by atoms with Gasteiger partial charge in [0.25, 0.3) is 0 Å². The average molecular weight is 280 g/mol. The summed E-state index contributed by atoms with van der Waals surface area (Å²) >= 11 is 0. The van der Waals surface area contributed by atoms with Gasteiger partial charge in [0, 0.05) is 11.3 Å². The molecule has 21 heavy (non-hydrogen) atoms. The molecule has 0 radical (unpaired) electrons. The van der Waals surface area contributed by atoms with E-state index in [1.807, 2.05) is 30.3 Å². The van der Waals surface area contributed by atoms with Crippen LogP contribution in [0.25, 0.3) is 22.6 Å². The second-order valence-corrected chi connectivity index (χ2v) is 5.56. The number of hydrogen-bond donors (Lipinski definition) is 1. The van der Waals surface area contributed by atoms with E-state index < -0.39 is 0 Å². The Morgan fingerprint density at radius 3 is 2.62 bits per heavy atom. The highest BCUT2D eigenvalue weighted by atomic mass is 16.3. The summed E-state index contributed by atoms with van der Waals surface area (Å²) in [5.74, 6) is 1.20. The fraction of sp³-hybridized carbons (Fsp3) is 0.278. The minimum Gasteiger partial charge on any atom is -0.436 e. The summed E-state index contributed by atoms with van der Waals surface area (Å²) in [6.07, 6.45) is 2.38. The number of oxazole rings is 1. The SMILES string of the molecule is CCCC(C)c1ccc2oc(-c3ccc(N)cc3)nc2c1. The molecule has 0 aliphatic carbocycles. The van der Waals surface area contributed by atoms with Gasteiger partial charge in [-0.15, -0.1) is 0 Å². The van der Waals surface area contributed by atoms with Crippen LogP contribution in [0.3, 0.4) is 0 Å². The summed E-state index contributed by atoms with van der Waals surface area (Å²) in [6.45, 7) is 4.47. The van der Waals surface area contributed by atoms with Crippen molar-refractivity contribution in [3.05, 3.63) is 48.0 Å². The van der Waals surface area contributed by atoms with Gasteiger partial charge in [0.1, 0.15) is 5.52 Å². The van der Waals surface area contributed by atoms with Crippen LogP contribution in [0.2, 0.25) is 0 Å². The van der Waals surface area contributed by atoms with Gasteiger partial charge < -0.3 is 10.2 Å². The topological polar surface area (TPSA) is 52.0 Å². The normalized spacial score (nSPS) is 12.7. The van der Waals surface area contributed by atoms with Crippen molar-refractivity contribution < 1.29 is 4.42 Å². The summed E-state index contributed by atoms with van der Waals surface area (Å²) in [5.41, 5.74) is 10.5. The minimum atomic E-state index is 0.552. The molecule has 0 saturated heterocycles. The van der Waals surface area contributed by atoms with Crippen molar-refractivity contribution in [1.82, 2.24) is 4.98 Å². The molecule has 0 aliphatic heterocycles. The predicted molar refractivity (Wildman–Crippen MR) is 87.2 cm³/mol. The molecule has 1 heterocycles. The fourth-order valence-electron chi connectivity index (χ4n) is 2.60. The molecule has 0 saturated carbocycles. The van der Waals surface area contributed by atoms with Crippen LogP contribution in [-0.4, -0.2) is 4.98 Å². The summed E-state index contributed by atoms with van der Waals surface area (Å²) in [7, 11) is 0. The van der Waals surface area contributed by atoms with Crippen molar-refractivity contribution in [1.29, 1.82) is 0 Å². The van der Waals surface area contributed by atoms with Gasteiger partial charge in [0.15, 0.2) is 5.58 Å². The van der Waals surface area contributed by atoms with Gasteiger partial charge in [0.2, 0.25) is 5.89 Å². The number of aromatic nitrogens is 1. The second kappa shape index (κ2) is 5.60. The van der Waals surface area contributed by atoms with Crippen molar-refractivity contribution in [2.45, 2.75) is 32.6 Å². The average Bonchev–Trinajstić information content (AvgIpc) is 2.91. The summed E-state index contributed by atoms with van der Waals surface area (Å²) in [4.78, 5) is 4.61. The standard InChI is InChI=1S/C18H20N2O/c1-3-4-12(2)14-7-10-17-16(11-14)20-18(21-17)13-5-8-15(19)9-6-13/h5-12H,3-4,19H2,1-2H3. The van der Waals surface area contributed by atoms with E-state index in [0.717, 1.165) is 22.4 Å². The highest BCUT2D eigenvalue weighted by Gasteiger charge is 2.11. The number of fused-ring (bicyclic) bond motifs is 1. The van der Waals surface area contributed by atoms with Crippen LogP contribution < -0.4 is 5.73 Å². The van der Waals surface area contributed by atoms with Crippen LogP contribution in [0.5, 0.6) is 0 Å². The van der Waals surface area contributed by atoms with Gasteiger partial charge in [0.05, 0.1) is 0 Å². The molecular formula is C18H20N2O. The molecule has 0 spiro atoms. The van der Waals surface area contributed by atoms with E-state index in [1.54, 1.807) is 0 Å². The summed E-state index contributed by atoms with van der Waals surface area (Å²) < 4.78 is 5.84. The van der Waals surface area contributed by atoms with Gasteiger partial charge in [-0.25, -0.2) is 4.98 Å². The minimum absolute atomic E-state index is 0.552. The largest absolute Gasteiger partial charge is 0.436 e. The lowest BCUT2D eigenvalue weighted by Crippen LogP contribution is -1.92. The Kier molecular flexibility index (Phi) is 3.65. The Hall–Kier alpha value is -2.29. The smallest absolute Gasteiger partial charge is 0.227 e. The van der Waals surface area contributed by atoms with Crippen LogP contribution in [0, 0.1) is 0 Å². The summed E-state index contributed by atoms with van der Waals surface area (Å²) in [6, 6.07) is 13.9. The highest BCUT2D eigenvalue weighted by Crippen LogP contribution is 2.28. The maximum atomic E-state index is 5.84. The van der Waals surface area contributed by atoms with E-state index in [4.69, 9.17) is 10.2 Å². The number of nitrogens with zero attached hydrogens (tertiary/aromatic N) is 1. The molecule has 2 N–H and O–H groups in total.